The maximum atomic E-state index is 13.4. The molecule has 0 radical (unpaired) electrons. The third-order valence-corrected chi connectivity index (χ3v) is 7.54. The van der Waals surface area contributed by atoms with E-state index >= 15 is 0 Å². The monoisotopic (exact) mass is 434 g/mol. The highest BCUT2D eigenvalue weighted by atomic mass is 32.2. The van der Waals surface area contributed by atoms with E-state index in [0.29, 0.717) is 0 Å². The molecule has 0 N–H and O–H groups in total. The van der Waals surface area contributed by atoms with Gasteiger partial charge in [0, 0.05) is 9.79 Å². The highest BCUT2D eigenvalue weighted by Gasteiger charge is 2.27. The maximum absolute atomic E-state index is 13.4. The Morgan fingerprint density at radius 1 is 0.433 bits per heavy atom. The van der Waals surface area contributed by atoms with Crippen LogP contribution < -0.4 is 0 Å². The fourth-order valence-corrected chi connectivity index (χ4v) is 5.87. The van der Waals surface area contributed by atoms with Gasteiger partial charge >= 0.3 is 0 Å². The van der Waals surface area contributed by atoms with Crippen LogP contribution in [0.2, 0.25) is 0 Å². The highest BCUT2D eigenvalue weighted by Crippen LogP contribution is 2.52. The van der Waals surface area contributed by atoms with E-state index in [-0.39, 0.29) is 22.1 Å². The predicted octanol–water partition coefficient (Wildman–Crippen LogP) is 8.33. The van der Waals surface area contributed by atoms with Crippen LogP contribution in [0.15, 0.2) is 119 Å². The number of rotatable bonds is 7. The van der Waals surface area contributed by atoms with Gasteiger partial charge in [-0.05, 0) is 59.7 Å². The molecule has 0 aliphatic carbocycles. The molecule has 0 heterocycles. The molecule has 4 rings (SSSR count). The molecule has 0 aromatic heterocycles. The lowest BCUT2D eigenvalue weighted by molar-refractivity contribution is 0.626. The zero-order chi connectivity index (χ0) is 20.8. The molecule has 0 amide bonds. The van der Waals surface area contributed by atoms with Crippen molar-refractivity contribution >= 4 is 23.5 Å². The van der Waals surface area contributed by atoms with Crippen molar-refractivity contribution in [2.75, 3.05) is 0 Å². The second kappa shape index (κ2) is 9.96. The first-order chi connectivity index (χ1) is 14.7. The Balaban J connectivity index is 1.75. The fourth-order valence-electron chi connectivity index (χ4n) is 3.21. The Labute approximate surface area is 184 Å². The molecule has 0 aliphatic heterocycles. The maximum Gasteiger partial charge on any atom is 0.123 e. The SMILES string of the molecule is Fc1ccc(S[C@@H](c2ccccc2)[C@@H](Sc2ccc(F)cc2)c2ccccc2)cc1. The number of benzene rings is 4. The molecule has 4 aromatic rings. The lowest BCUT2D eigenvalue weighted by atomic mass is 10.0. The Kier molecular flexibility index (Phi) is 6.88. The summed E-state index contributed by atoms with van der Waals surface area (Å²) < 4.78 is 26.9. The van der Waals surface area contributed by atoms with Crippen LogP contribution in [0.5, 0.6) is 0 Å². The Morgan fingerprint density at radius 3 is 1.10 bits per heavy atom. The summed E-state index contributed by atoms with van der Waals surface area (Å²) in [4.78, 5) is 2.01. The number of thioether (sulfide) groups is 2. The first kappa shape index (κ1) is 20.7. The van der Waals surface area contributed by atoms with Gasteiger partial charge in [0.1, 0.15) is 11.6 Å². The van der Waals surface area contributed by atoms with Crippen molar-refractivity contribution in [2.45, 2.75) is 20.3 Å². The summed E-state index contributed by atoms with van der Waals surface area (Å²) in [5.74, 6) is -0.480. The van der Waals surface area contributed by atoms with Crippen LogP contribution >= 0.6 is 23.5 Å². The Morgan fingerprint density at radius 2 is 0.767 bits per heavy atom. The molecule has 30 heavy (non-hydrogen) atoms. The van der Waals surface area contributed by atoms with Crippen LogP contribution in [0.4, 0.5) is 8.78 Å². The summed E-state index contributed by atoms with van der Waals surface area (Å²) in [7, 11) is 0. The van der Waals surface area contributed by atoms with Gasteiger partial charge in [-0.3, -0.25) is 0 Å². The van der Waals surface area contributed by atoms with Crippen LogP contribution in [-0.4, -0.2) is 0 Å². The highest BCUT2D eigenvalue weighted by molar-refractivity contribution is 8.03. The van der Waals surface area contributed by atoms with Crippen LogP contribution in [0.1, 0.15) is 21.6 Å². The average molecular weight is 435 g/mol. The van der Waals surface area contributed by atoms with E-state index in [2.05, 4.69) is 24.3 Å². The minimum atomic E-state index is -0.240. The Hall–Kier alpha value is -2.56. The minimum Gasteiger partial charge on any atom is -0.207 e. The van der Waals surface area contributed by atoms with E-state index in [1.54, 1.807) is 23.5 Å². The van der Waals surface area contributed by atoms with Gasteiger partial charge in [0.25, 0.3) is 0 Å². The van der Waals surface area contributed by atoms with Crippen LogP contribution in [0.25, 0.3) is 0 Å². The van der Waals surface area contributed by atoms with Crippen molar-refractivity contribution in [3.8, 4) is 0 Å². The summed E-state index contributed by atoms with van der Waals surface area (Å²) in [6.45, 7) is 0. The Bertz CT molecular complexity index is 961. The topological polar surface area (TPSA) is 0 Å². The van der Waals surface area contributed by atoms with Gasteiger partial charge in [0.2, 0.25) is 0 Å². The van der Waals surface area contributed by atoms with E-state index in [0.717, 1.165) is 9.79 Å². The molecule has 0 unspecified atom stereocenters. The van der Waals surface area contributed by atoms with E-state index < -0.39 is 0 Å². The van der Waals surface area contributed by atoms with Gasteiger partial charge in [-0.25, -0.2) is 8.78 Å². The zero-order valence-electron chi connectivity index (χ0n) is 16.1. The molecule has 150 valence electrons. The van der Waals surface area contributed by atoms with Crippen molar-refractivity contribution in [3.05, 3.63) is 132 Å². The van der Waals surface area contributed by atoms with Gasteiger partial charge in [-0.2, -0.15) is 0 Å². The van der Waals surface area contributed by atoms with Crippen molar-refractivity contribution in [1.29, 1.82) is 0 Å². The third kappa shape index (κ3) is 5.32. The minimum absolute atomic E-state index is 0.0779. The smallest absolute Gasteiger partial charge is 0.123 e. The van der Waals surface area contributed by atoms with Gasteiger partial charge in [0.05, 0.1) is 10.5 Å². The normalized spacial score (nSPS) is 13.0. The summed E-state index contributed by atoms with van der Waals surface area (Å²) in [6, 6.07) is 33.9. The van der Waals surface area contributed by atoms with Crippen LogP contribution in [0.3, 0.4) is 0 Å². The quantitative estimate of drug-likeness (QED) is 0.268. The summed E-state index contributed by atoms with van der Waals surface area (Å²) in [5, 5.41) is 0.156. The summed E-state index contributed by atoms with van der Waals surface area (Å²) in [6.07, 6.45) is 0. The first-order valence-electron chi connectivity index (χ1n) is 9.63. The predicted molar refractivity (Wildman–Crippen MR) is 123 cm³/mol. The lowest BCUT2D eigenvalue weighted by Crippen LogP contribution is -2.06. The summed E-state index contributed by atoms with van der Waals surface area (Å²) in [5.41, 5.74) is 2.38. The summed E-state index contributed by atoms with van der Waals surface area (Å²) >= 11 is 3.43. The van der Waals surface area contributed by atoms with Crippen molar-refractivity contribution < 1.29 is 8.78 Å². The molecule has 0 saturated carbocycles. The molecule has 0 nitrogen and oxygen atoms in total. The van der Waals surface area contributed by atoms with Gasteiger partial charge in [-0.15, -0.1) is 23.5 Å². The molecule has 4 heteroatoms. The molecule has 0 aliphatic rings. The number of hydrogen-bond acceptors (Lipinski definition) is 2. The van der Waals surface area contributed by atoms with Crippen molar-refractivity contribution in [3.63, 3.8) is 0 Å². The van der Waals surface area contributed by atoms with Gasteiger partial charge in [0.15, 0.2) is 0 Å². The second-order valence-electron chi connectivity index (χ2n) is 6.81. The third-order valence-electron chi connectivity index (χ3n) is 4.68. The number of hydrogen-bond donors (Lipinski definition) is 0. The number of halogens is 2. The molecule has 2 atom stereocenters. The van der Waals surface area contributed by atoms with Gasteiger partial charge in [-0.1, -0.05) is 60.7 Å². The zero-order valence-corrected chi connectivity index (χ0v) is 17.8. The van der Waals surface area contributed by atoms with E-state index in [1.165, 1.54) is 35.4 Å². The fraction of sp³-hybridized carbons (Fsp3) is 0.0769. The van der Waals surface area contributed by atoms with Crippen LogP contribution in [0, 0.1) is 11.6 Å². The van der Waals surface area contributed by atoms with E-state index in [1.807, 2.05) is 60.7 Å². The first-order valence-corrected chi connectivity index (χ1v) is 11.4. The second-order valence-corrected chi connectivity index (χ2v) is 9.24. The molecule has 0 bridgehead atoms. The van der Waals surface area contributed by atoms with Crippen molar-refractivity contribution in [1.82, 2.24) is 0 Å². The van der Waals surface area contributed by atoms with E-state index in [9.17, 15) is 8.78 Å². The standard InChI is InChI=1S/C26H20F2S2/c27-21-11-15-23(16-12-21)29-25(19-7-3-1-4-8-19)26(20-9-5-2-6-10-20)30-24-17-13-22(28)14-18-24/h1-18,25-26H/t25-,26-/m0/s1. The van der Waals surface area contributed by atoms with Crippen molar-refractivity contribution in [2.24, 2.45) is 0 Å². The molecule has 0 fully saturated rings. The molecule has 0 spiro atoms. The molecule has 4 aromatic carbocycles. The molecular formula is C26H20F2S2. The molecule has 0 saturated heterocycles. The van der Waals surface area contributed by atoms with E-state index in [4.69, 9.17) is 0 Å². The lowest BCUT2D eigenvalue weighted by Gasteiger charge is -2.27. The van der Waals surface area contributed by atoms with Crippen LogP contribution in [-0.2, 0) is 0 Å². The molecular weight excluding hydrogens is 414 g/mol. The average Bonchev–Trinajstić information content (AvgIpc) is 2.80. The van der Waals surface area contributed by atoms with Gasteiger partial charge < -0.3 is 0 Å². The largest absolute Gasteiger partial charge is 0.207 e.